The highest BCUT2D eigenvalue weighted by Gasteiger charge is 2.09. The molecule has 162 valence electrons. The average molecular weight is 470 g/mol. The summed E-state index contributed by atoms with van der Waals surface area (Å²) in [5, 5.41) is 7.27. The lowest BCUT2D eigenvalue weighted by molar-refractivity contribution is -0.120. The Kier molecular flexibility index (Phi) is 7.96. The van der Waals surface area contributed by atoms with Gasteiger partial charge in [-0.05, 0) is 72.3 Å². The van der Waals surface area contributed by atoms with Crippen molar-refractivity contribution in [1.29, 1.82) is 0 Å². The molecule has 2 N–H and O–H groups in total. The van der Waals surface area contributed by atoms with Crippen LogP contribution in [-0.2, 0) is 4.79 Å². The quantitative estimate of drug-likeness (QED) is 0.235. The number of halogens is 2. The molecule has 0 aliphatic heterocycles. The number of esters is 1. The van der Waals surface area contributed by atoms with E-state index in [0.717, 1.165) is 0 Å². The van der Waals surface area contributed by atoms with Gasteiger partial charge in [0.2, 0.25) is 0 Å². The van der Waals surface area contributed by atoms with Crippen molar-refractivity contribution in [1.82, 2.24) is 10.7 Å². The molecule has 0 bridgehead atoms. The maximum Gasteiger partial charge on any atom is 0.343 e. The van der Waals surface area contributed by atoms with Gasteiger partial charge >= 0.3 is 5.97 Å². The topological polar surface area (TPSA) is 96.9 Å². The van der Waals surface area contributed by atoms with E-state index in [2.05, 4.69) is 15.8 Å². The number of nitrogens with one attached hydrogen (secondary N) is 2. The van der Waals surface area contributed by atoms with Crippen LogP contribution in [-0.4, -0.2) is 30.5 Å². The van der Waals surface area contributed by atoms with Gasteiger partial charge in [0.05, 0.1) is 18.3 Å². The number of hydrogen-bond acceptors (Lipinski definition) is 5. The number of rotatable bonds is 7. The van der Waals surface area contributed by atoms with Crippen molar-refractivity contribution >= 4 is 47.2 Å². The number of ether oxygens (including phenoxy) is 1. The Morgan fingerprint density at radius 3 is 2.28 bits per heavy atom. The summed E-state index contributed by atoms with van der Waals surface area (Å²) in [5.41, 5.74) is 3.71. The van der Waals surface area contributed by atoms with E-state index in [-0.39, 0.29) is 6.54 Å². The number of amides is 2. The second-order valence-corrected chi connectivity index (χ2v) is 7.32. The van der Waals surface area contributed by atoms with Crippen LogP contribution in [0.4, 0.5) is 0 Å². The molecule has 9 heteroatoms. The van der Waals surface area contributed by atoms with Gasteiger partial charge in [0.1, 0.15) is 5.75 Å². The van der Waals surface area contributed by atoms with Gasteiger partial charge in [-0.25, -0.2) is 10.2 Å². The molecule has 0 saturated heterocycles. The van der Waals surface area contributed by atoms with Gasteiger partial charge in [-0.15, -0.1) is 0 Å². The third kappa shape index (κ3) is 6.94. The molecule has 0 fully saturated rings. The van der Waals surface area contributed by atoms with Crippen molar-refractivity contribution in [3.63, 3.8) is 0 Å². The van der Waals surface area contributed by atoms with Crippen LogP contribution in [0.2, 0.25) is 10.0 Å². The van der Waals surface area contributed by atoms with Crippen molar-refractivity contribution in [2.75, 3.05) is 6.54 Å². The van der Waals surface area contributed by atoms with Gasteiger partial charge in [-0.3, -0.25) is 9.59 Å². The number of carbonyl (C=O) groups is 3. The molecule has 0 unspecified atom stereocenters. The van der Waals surface area contributed by atoms with Crippen molar-refractivity contribution < 1.29 is 19.1 Å². The number of hydrogen-bond donors (Lipinski definition) is 2. The van der Waals surface area contributed by atoms with Crippen molar-refractivity contribution in [3.8, 4) is 5.75 Å². The summed E-state index contributed by atoms with van der Waals surface area (Å²) in [7, 11) is 0. The molecule has 7 nitrogen and oxygen atoms in total. The average Bonchev–Trinajstić information content (AvgIpc) is 2.79. The molecular weight excluding hydrogens is 453 g/mol. The van der Waals surface area contributed by atoms with Crippen LogP contribution in [0.1, 0.15) is 26.3 Å². The number of hydrazone groups is 1. The van der Waals surface area contributed by atoms with Crippen LogP contribution in [0.15, 0.2) is 77.9 Å². The Morgan fingerprint density at radius 1 is 0.875 bits per heavy atom. The summed E-state index contributed by atoms with van der Waals surface area (Å²) in [6.45, 7) is -0.248. The number of nitrogens with zero attached hydrogens (tertiary/aromatic N) is 1. The van der Waals surface area contributed by atoms with Gasteiger partial charge in [0.25, 0.3) is 11.8 Å². The van der Waals surface area contributed by atoms with E-state index in [9.17, 15) is 14.4 Å². The molecule has 3 rings (SSSR count). The predicted octanol–water partition coefficient (Wildman–Crippen LogP) is 4.09. The smallest absolute Gasteiger partial charge is 0.343 e. The lowest BCUT2D eigenvalue weighted by atomic mass is 10.2. The molecule has 0 radical (unpaired) electrons. The fourth-order valence-electron chi connectivity index (χ4n) is 2.48. The fraction of sp³-hybridized carbons (Fsp3) is 0.0435. The molecule has 0 saturated carbocycles. The third-order valence-electron chi connectivity index (χ3n) is 4.07. The standard InChI is InChI=1S/C23H17Cl2N3O4/c24-18-8-6-16(7-9-18)23(31)32-20-10-4-15(5-11-20)13-27-28-21(29)14-26-22(30)17-2-1-3-19(25)12-17/h1-13H,14H2,(H,26,30)(H,28,29). The highest BCUT2D eigenvalue weighted by molar-refractivity contribution is 6.31. The van der Waals surface area contributed by atoms with E-state index in [4.69, 9.17) is 27.9 Å². The molecule has 32 heavy (non-hydrogen) atoms. The van der Waals surface area contributed by atoms with E-state index >= 15 is 0 Å². The van der Waals surface area contributed by atoms with Crippen molar-refractivity contribution in [3.05, 3.63) is 99.5 Å². The zero-order valence-corrected chi connectivity index (χ0v) is 18.1. The molecule has 3 aromatic rings. The van der Waals surface area contributed by atoms with Crippen LogP contribution in [0.5, 0.6) is 5.75 Å². The second-order valence-electron chi connectivity index (χ2n) is 6.45. The van der Waals surface area contributed by atoms with Gasteiger partial charge in [-0.1, -0.05) is 29.3 Å². The monoisotopic (exact) mass is 469 g/mol. The maximum atomic E-state index is 12.1. The summed E-state index contributed by atoms with van der Waals surface area (Å²) in [4.78, 5) is 35.9. The highest BCUT2D eigenvalue weighted by Crippen LogP contribution is 2.15. The Balaban J connectivity index is 1.45. The Hall–Kier alpha value is -3.68. The Bertz CT molecular complexity index is 1150. The van der Waals surface area contributed by atoms with E-state index in [1.165, 1.54) is 12.3 Å². The first-order valence-corrected chi connectivity index (χ1v) is 10.1. The van der Waals surface area contributed by atoms with Crippen molar-refractivity contribution in [2.24, 2.45) is 5.10 Å². The zero-order valence-electron chi connectivity index (χ0n) is 16.5. The van der Waals surface area contributed by atoms with E-state index in [0.29, 0.717) is 32.5 Å². The lowest BCUT2D eigenvalue weighted by Crippen LogP contribution is -2.34. The predicted molar refractivity (Wildman–Crippen MR) is 122 cm³/mol. The normalized spacial score (nSPS) is 10.6. The zero-order chi connectivity index (χ0) is 22.9. The maximum absolute atomic E-state index is 12.1. The SMILES string of the molecule is O=C(CNC(=O)c1cccc(Cl)c1)NN=Cc1ccc(OC(=O)c2ccc(Cl)cc2)cc1. The molecule has 0 aliphatic carbocycles. The summed E-state index contributed by atoms with van der Waals surface area (Å²) < 4.78 is 5.29. The van der Waals surface area contributed by atoms with Gasteiger partial charge < -0.3 is 10.1 Å². The van der Waals surface area contributed by atoms with Gasteiger partial charge in [0.15, 0.2) is 0 Å². The van der Waals surface area contributed by atoms with Crippen LogP contribution < -0.4 is 15.5 Å². The van der Waals surface area contributed by atoms with Gasteiger partial charge in [0, 0.05) is 15.6 Å². The summed E-state index contributed by atoms with van der Waals surface area (Å²) in [6, 6.07) is 19.3. The van der Waals surface area contributed by atoms with Crippen LogP contribution >= 0.6 is 23.2 Å². The molecular formula is C23H17Cl2N3O4. The van der Waals surface area contributed by atoms with Crippen molar-refractivity contribution in [2.45, 2.75) is 0 Å². The Morgan fingerprint density at radius 2 is 1.59 bits per heavy atom. The molecule has 2 amide bonds. The first-order chi connectivity index (χ1) is 15.4. The molecule has 0 aromatic heterocycles. The minimum atomic E-state index is -0.504. The number of carbonyl (C=O) groups excluding carboxylic acids is 3. The second kappa shape index (κ2) is 11.1. The fourth-order valence-corrected chi connectivity index (χ4v) is 2.80. The third-order valence-corrected chi connectivity index (χ3v) is 4.56. The summed E-state index contributed by atoms with van der Waals surface area (Å²) in [5.74, 6) is -1.06. The van der Waals surface area contributed by atoms with Gasteiger partial charge in [-0.2, -0.15) is 5.10 Å². The largest absolute Gasteiger partial charge is 0.423 e. The first-order valence-electron chi connectivity index (χ1n) is 9.34. The van der Waals surface area contributed by atoms with E-state index < -0.39 is 17.8 Å². The summed E-state index contributed by atoms with van der Waals surface area (Å²) in [6.07, 6.45) is 1.42. The van der Waals surface area contributed by atoms with E-state index in [1.807, 2.05) is 0 Å². The molecule has 0 atom stereocenters. The molecule has 0 spiro atoms. The Labute approximate surface area is 194 Å². The molecule has 0 heterocycles. The van der Waals surface area contributed by atoms with E-state index in [1.54, 1.807) is 66.7 Å². The van der Waals surface area contributed by atoms with Crippen LogP contribution in [0, 0.1) is 0 Å². The van der Waals surface area contributed by atoms with Crippen LogP contribution in [0.25, 0.3) is 0 Å². The lowest BCUT2D eigenvalue weighted by Gasteiger charge is -2.05. The summed E-state index contributed by atoms with van der Waals surface area (Å²) >= 11 is 11.6. The first kappa shape index (κ1) is 23.0. The molecule has 0 aliphatic rings. The molecule has 3 aromatic carbocycles. The van der Waals surface area contributed by atoms with Crippen LogP contribution in [0.3, 0.4) is 0 Å². The minimum Gasteiger partial charge on any atom is -0.423 e. The number of benzene rings is 3. The highest BCUT2D eigenvalue weighted by atomic mass is 35.5. The minimum absolute atomic E-state index is 0.248.